The van der Waals surface area contributed by atoms with Gasteiger partial charge in [-0.15, -0.1) is 0 Å². The van der Waals surface area contributed by atoms with E-state index in [1.807, 2.05) is 20.1 Å². The molecule has 1 amide bonds. The predicted molar refractivity (Wildman–Crippen MR) is 117 cm³/mol. The van der Waals surface area contributed by atoms with Crippen molar-refractivity contribution in [2.24, 2.45) is 22.7 Å². The number of aromatic nitrogens is 2. The van der Waals surface area contributed by atoms with Gasteiger partial charge in [0, 0.05) is 30.4 Å². The van der Waals surface area contributed by atoms with Gasteiger partial charge in [0.1, 0.15) is 6.54 Å². The van der Waals surface area contributed by atoms with Gasteiger partial charge in [0.15, 0.2) is 0 Å². The van der Waals surface area contributed by atoms with Crippen molar-refractivity contribution < 1.29 is 22.7 Å². The number of halogens is 3. The minimum atomic E-state index is -4.37. The van der Waals surface area contributed by atoms with E-state index >= 15 is 0 Å². The number of nitrogens with one attached hydrogen (secondary N) is 1. The summed E-state index contributed by atoms with van der Waals surface area (Å²) < 4.78 is 45.4. The van der Waals surface area contributed by atoms with Gasteiger partial charge in [-0.05, 0) is 45.4 Å². The highest BCUT2D eigenvalue weighted by molar-refractivity contribution is 6.00. The maximum absolute atomic E-state index is 13.5. The van der Waals surface area contributed by atoms with E-state index in [0.29, 0.717) is 18.3 Å². The van der Waals surface area contributed by atoms with Crippen LogP contribution >= 0.6 is 0 Å². The van der Waals surface area contributed by atoms with Gasteiger partial charge in [0.25, 0.3) is 0 Å². The lowest BCUT2D eigenvalue weighted by Crippen LogP contribution is -2.60. The normalized spacial score (nSPS) is 36.3. The first-order valence-electron chi connectivity index (χ1n) is 11.9. The summed E-state index contributed by atoms with van der Waals surface area (Å²) in [6.07, 6.45) is 4.94. The molecule has 33 heavy (non-hydrogen) atoms. The number of rotatable bonds is 5. The maximum Gasteiger partial charge on any atom is 0.408 e. The van der Waals surface area contributed by atoms with Crippen molar-refractivity contribution in [2.75, 3.05) is 11.4 Å². The Morgan fingerprint density at radius 2 is 2.00 bits per heavy atom. The number of hydrogen-bond acceptors (Lipinski definition) is 5. The van der Waals surface area contributed by atoms with Crippen molar-refractivity contribution in [3.05, 3.63) is 12.4 Å². The monoisotopic (exact) mass is 467 g/mol. The number of hydrogen-bond donors (Lipinski definition) is 1. The average Bonchev–Trinajstić information content (AvgIpc) is 3.38. The molecule has 0 aromatic carbocycles. The van der Waals surface area contributed by atoms with Gasteiger partial charge in [-0.1, -0.05) is 6.92 Å². The Hall–Kier alpha value is -1.94. The molecular weight excluding hydrogens is 435 g/mol. The molecule has 0 bridgehead atoms. The molecule has 1 saturated carbocycles. The number of piperidine rings is 1. The Kier molecular flexibility index (Phi) is 5.59. The number of ether oxygens (including phenoxy) is 1. The smallest absolute Gasteiger partial charge is 0.373 e. The van der Waals surface area contributed by atoms with Gasteiger partial charge in [-0.25, -0.2) is 0 Å². The molecule has 3 fully saturated rings. The summed E-state index contributed by atoms with van der Waals surface area (Å²) in [7, 11) is 0. The van der Waals surface area contributed by atoms with E-state index < -0.39 is 18.3 Å². The number of carbonyl (C=O) groups is 1. The second-order valence-corrected chi connectivity index (χ2v) is 10.7. The van der Waals surface area contributed by atoms with Crippen molar-refractivity contribution in [2.45, 2.75) is 89.0 Å². The molecule has 1 N–H and O–H groups in total. The first-order chi connectivity index (χ1) is 15.5. The fourth-order valence-electron chi connectivity index (χ4n) is 5.97. The van der Waals surface area contributed by atoms with Crippen LogP contribution in [0, 0.1) is 17.8 Å². The van der Waals surface area contributed by atoms with Crippen LogP contribution in [0.1, 0.15) is 46.5 Å². The van der Waals surface area contributed by atoms with Gasteiger partial charge >= 0.3 is 6.18 Å². The van der Waals surface area contributed by atoms with E-state index in [2.05, 4.69) is 22.3 Å². The number of amides is 1. The molecule has 0 radical (unpaired) electrons. The zero-order valence-corrected chi connectivity index (χ0v) is 19.3. The van der Waals surface area contributed by atoms with E-state index in [9.17, 15) is 18.0 Å². The third-order valence-corrected chi connectivity index (χ3v) is 7.62. The van der Waals surface area contributed by atoms with Crippen LogP contribution in [0.3, 0.4) is 0 Å². The standard InChI is InChI=1S/C23H32F3N5O2/c1-13-6-18(14-7-17(10-27-8-14)33-16-4-5-16)29-20-19(13)21(32)31(22(20,2)3)15-9-28-30(11-15)12-23(24,25)26/h8-9,11,13-14,16-20,29H,4-7,10,12H2,1-3H3. The first kappa shape index (κ1) is 22.8. The number of aliphatic imine (C=N–C) groups is 1. The van der Waals surface area contributed by atoms with E-state index in [0.717, 1.165) is 30.4 Å². The van der Waals surface area contributed by atoms with E-state index in [-0.39, 0.29) is 41.8 Å². The summed E-state index contributed by atoms with van der Waals surface area (Å²) in [6, 6.07) is 0.0541. The molecular formula is C23H32F3N5O2. The van der Waals surface area contributed by atoms with Crippen LogP contribution in [0.15, 0.2) is 17.4 Å². The van der Waals surface area contributed by atoms with Crippen molar-refractivity contribution >= 4 is 17.8 Å². The molecule has 3 aliphatic heterocycles. The quantitative estimate of drug-likeness (QED) is 0.722. The summed E-state index contributed by atoms with van der Waals surface area (Å²) in [6.45, 7) is 5.60. The van der Waals surface area contributed by atoms with E-state index in [1.54, 1.807) is 4.90 Å². The molecule has 5 rings (SSSR count). The molecule has 7 nitrogen and oxygen atoms in total. The van der Waals surface area contributed by atoms with Crippen LogP contribution in [-0.4, -0.2) is 64.5 Å². The Morgan fingerprint density at radius 1 is 1.24 bits per heavy atom. The van der Waals surface area contributed by atoms with Crippen LogP contribution in [0.5, 0.6) is 0 Å². The third kappa shape index (κ3) is 4.43. The molecule has 2 saturated heterocycles. The second-order valence-electron chi connectivity index (χ2n) is 10.7. The average molecular weight is 468 g/mol. The van der Waals surface area contributed by atoms with Crippen LogP contribution in [0.4, 0.5) is 18.9 Å². The fraction of sp³-hybridized carbons (Fsp3) is 0.783. The molecule has 1 aromatic rings. The van der Waals surface area contributed by atoms with Gasteiger partial charge in [-0.3, -0.25) is 14.5 Å². The first-order valence-corrected chi connectivity index (χ1v) is 11.9. The van der Waals surface area contributed by atoms with Gasteiger partial charge in [0.05, 0.1) is 42.1 Å². The zero-order valence-electron chi connectivity index (χ0n) is 19.3. The van der Waals surface area contributed by atoms with Crippen LogP contribution in [0.25, 0.3) is 0 Å². The Morgan fingerprint density at radius 3 is 2.70 bits per heavy atom. The fourth-order valence-corrected chi connectivity index (χ4v) is 5.97. The zero-order chi connectivity index (χ0) is 23.5. The van der Waals surface area contributed by atoms with Gasteiger partial charge in [-0.2, -0.15) is 18.3 Å². The molecule has 1 aliphatic carbocycles. The molecule has 4 aliphatic rings. The van der Waals surface area contributed by atoms with Gasteiger partial charge < -0.3 is 15.0 Å². The second kappa shape index (κ2) is 8.08. The molecule has 6 unspecified atom stereocenters. The Labute approximate surface area is 191 Å². The molecule has 4 heterocycles. The third-order valence-electron chi connectivity index (χ3n) is 7.62. The number of fused-ring (bicyclic) bond motifs is 1. The Balaban J connectivity index is 1.34. The predicted octanol–water partition coefficient (Wildman–Crippen LogP) is 3.19. The summed E-state index contributed by atoms with van der Waals surface area (Å²) in [5.74, 6) is 0.0882. The highest BCUT2D eigenvalue weighted by Gasteiger charge is 2.58. The molecule has 6 atom stereocenters. The minimum Gasteiger partial charge on any atom is -0.373 e. The topological polar surface area (TPSA) is 71.8 Å². The van der Waals surface area contributed by atoms with Crippen LogP contribution in [-0.2, 0) is 16.1 Å². The number of nitrogens with zero attached hydrogens (tertiary/aromatic N) is 4. The number of alkyl halides is 3. The van der Waals surface area contributed by atoms with Gasteiger partial charge in [0.2, 0.25) is 5.91 Å². The highest BCUT2D eigenvalue weighted by Crippen LogP contribution is 2.45. The SMILES string of the molecule is CC1CC(C2C=NCC(OC3CC3)C2)NC2C1C(=O)N(c1cnn(CC(F)(F)F)c1)C2(C)C. The lowest BCUT2D eigenvalue weighted by Gasteiger charge is -2.44. The molecule has 0 spiro atoms. The minimum absolute atomic E-state index is 0.0535. The summed E-state index contributed by atoms with van der Waals surface area (Å²) in [4.78, 5) is 19.7. The summed E-state index contributed by atoms with van der Waals surface area (Å²) >= 11 is 0. The number of carbonyl (C=O) groups excluding carboxylic acids is 1. The van der Waals surface area contributed by atoms with Crippen LogP contribution in [0.2, 0.25) is 0 Å². The number of anilines is 1. The van der Waals surface area contributed by atoms with Crippen molar-refractivity contribution in [3.63, 3.8) is 0 Å². The molecule has 182 valence electrons. The largest absolute Gasteiger partial charge is 0.408 e. The maximum atomic E-state index is 13.5. The van der Waals surface area contributed by atoms with Crippen molar-refractivity contribution in [1.82, 2.24) is 15.1 Å². The van der Waals surface area contributed by atoms with Crippen LogP contribution < -0.4 is 10.2 Å². The lowest BCUT2D eigenvalue weighted by atomic mass is 9.72. The molecule has 1 aromatic heterocycles. The summed E-state index contributed by atoms with van der Waals surface area (Å²) in [5.41, 5.74) is -0.206. The summed E-state index contributed by atoms with van der Waals surface area (Å²) in [5, 5.41) is 7.61. The lowest BCUT2D eigenvalue weighted by molar-refractivity contribution is -0.142. The Bertz CT molecular complexity index is 925. The van der Waals surface area contributed by atoms with Crippen molar-refractivity contribution in [1.29, 1.82) is 0 Å². The van der Waals surface area contributed by atoms with Crippen molar-refractivity contribution in [3.8, 4) is 0 Å². The highest BCUT2D eigenvalue weighted by atomic mass is 19.4. The molecule has 10 heteroatoms. The van der Waals surface area contributed by atoms with E-state index in [1.165, 1.54) is 12.4 Å². The van der Waals surface area contributed by atoms with E-state index in [4.69, 9.17) is 4.74 Å².